The van der Waals surface area contributed by atoms with Crippen LogP contribution in [0, 0.1) is 0 Å². The van der Waals surface area contributed by atoms with Crippen LogP contribution in [0.1, 0.15) is 55.9 Å². The first-order valence-corrected chi connectivity index (χ1v) is 16.5. The van der Waals surface area contributed by atoms with Crippen molar-refractivity contribution >= 4 is 57.1 Å². The van der Waals surface area contributed by atoms with Crippen LogP contribution in [0.5, 0.6) is 0 Å². The Bertz CT molecular complexity index is 866. The van der Waals surface area contributed by atoms with E-state index in [-0.39, 0.29) is 58.8 Å². The summed E-state index contributed by atoms with van der Waals surface area (Å²) in [6.45, 7) is 10.8. The number of carbonyl (C=O) groups is 4. The molecule has 2 saturated heterocycles. The maximum Gasteiger partial charge on any atom is 1.00 e. The van der Waals surface area contributed by atoms with E-state index in [2.05, 4.69) is 33.4 Å². The normalized spacial score (nSPS) is 29.7. The monoisotopic (exact) mass is 1090 g/mol. The average molecular weight is 1090 g/mol. The van der Waals surface area contributed by atoms with Gasteiger partial charge in [-0.3, -0.25) is 19.2 Å². The van der Waals surface area contributed by atoms with Gasteiger partial charge in [-0.1, -0.05) is 28.2 Å². The van der Waals surface area contributed by atoms with Crippen LogP contribution in [0.25, 0.3) is 0 Å². The van der Waals surface area contributed by atoms with Gasteiger partial charge in [0.1, 0.15) is 37.1 Å². The minimum Gasteiger partial charge on any atom is -0.759 e. The number of hydrogen-bond acceptors (Lipinski definition) is 16. The topological polar surface area (TPSA) is 205 Å². The van der Waals surface area contributed by atoms with Crippen molar-refractivity contribution in [2.24, 2.45) is 0 Å². The summed E-state index contributed by atoms with van der Waals surface area (Å²) in [5.74, 6) is -2.62. The van der Waals surface area contributed by atoms with E-state index < -0.39 is 90.2 Å². The summed E-state index contributed by atoms with van der Waals surface area (Å²) in [7, 11) is 0.446. The van der Waals surface area contributed by atoms with Crippen LogP contribution in [0.3, 0.4) is 0 Å². The molecule has 0 radical (unpaired) electrons. The third-order valence-electron chi connectivity index (χ3n) is 6.14. The van der Waals surface area contributed by atoms with Gasteiger partial charge in [0.05, 0.1) is 12.7 Å². The van der Waals surface area contributed by atoms with E-state index in [1.54, 1.807) is 0 Å². The van der Waals surface area contributed by atoms with Gasteiger partial charge in [-0.15, -0.1) is 7.92 Å². The molecule has 0 bridgehead atoms. The van der Waals surface area contributed by atoms with Crippen molar-refractivity contribution in [3.8, 4) is 0 Å². The molecular weight excluding hydrogens is 1040 g/mol. The van der Waals surface area contributed by atoms with E-state index >= 15 is 0 Å². The first-order valence-electron chi connectivity index (χ1n) is 13.7. The van der Waals surface area contributed by atoms with Gasteiger partial charge in [0.2, 0.25) is 0 Å². The molecule has 19 heteroatoms. The summed E-state index contributed by atoms with van der Waals surface area (Å²) < 4.78 is 30.5. The van der Waals surface area contributed by atoms with Crippen molar-refractivity contribution in [1.82, 2.24) is 0 Å². The Morgan fingerprint density at radius 3 is 1.43 bits per heavy atom. The van der Waals surface area contributed by atoms with E-state index in [0.29, 0.717) is 7.92 Å². The van der Waals surface area contributed by atoms with Crippen molar-refractivity contribution in [3.05, 3.63) is 0 Å². The molecule has 0 saturated carbocycles. The summed E-state index contributed by atoms with van der Waals surface area (Å²) in [4.78, 5) is 45.0. The quantitative estimate of drug-likeness (QED) is 0.0796. The zero-order chi connectivity index (χ0) is 33.4. The zero-order valence-corrected chi connectivity index (χ0v) is 32.9. The maximum absolute atomic E-state index is 11.4. The zero-order valence-electron chi connectivity index (χ0n) is 26.0. The van der Waals surface area contributed by atoms with Crippen molar-refractivity contribution < 1.29 is 113 Å². The smallest absolute Gasteiger partial charge is 0.759 e. The van der Waals surface area contributed by atoms with Crippen molar-refractivity contribution in [3.63, 3.8) is 0 Å². The summed E-state index contributed by atoms with van der Waals surface area (Å²) >= 11 is 9.74. The molecule has 4 N–H and O–H groups in total. The van der Waals surface area contributed by atoms with E-state index in [1.807, 2.05) is 0 Å². The van der Waals surface area contributed by atoms with Crippen LogP contribution in [0.2, 0.25) is 0 Å². The fourth-order valence-corrected chi connectivity index (χ4v) is 5.93. The molecule has 0 spiro atoms. The predicted molar refractivity (Wildman–Crippen MR) is 166 cm³/mol. The molecule has 0 aromatic carbocycles. The Morgan fingerprint density at radius 2 is 1.07 bits per heavy atom. The Labute approximate surface area is 315 Å². The second-order valence-electron chi connectivity index (χ2n) is 9.38. The first-order chi connectivity index (χ1) is 20.0. The third-order valence-corrected chi connectivity index (χ3v) is 9.59. The van der Waals surface area contributed by atoms with Gasteiger partial charge in [0.15, 0.2) is 12.2 Å². The molecule has 2 heterocycles. The van der Waals surface area contributed by atoms with Gasteiger partial charge >= 0.3 is 68.6 Å². The second-order valence-corrected chi connectivity index (χ2v) is 13.6. The Hall–Kier alpha value is 0.251. The van der Waals surface area contributed by atoms with Crippen molar-refractivity contribution in [2.75, 3.05) is 31.7 Å². The second kappa shape index (κ2) is 28.0. The first kappa shape index (κ1) is 53.1. The maximum atomic E-state index is 11.4. The summed E-state index contributed by atoms with van der Waals surface area (Å²) in [5.41, 5.74) is -2.08. The van der Waals surface area contributed by atoms with Crippen molar-refractivity contribution in [2.45, 2.75) is 116 Å². The van der Waals surface area contributed by atoms with Crippen molar-refractivity contribution in [1.29, 1.82) is 0 Å². The van der Waals surface area contributed by atoms with Gasteiger partial charge in [-0.05, 0) is 29.4 Å². The molecule has 280 valence electrons. The van der Waals surface area contributed by atoms with Crippen LogP contribution in [0.15, 0.2) is 0 Å². The number of aliphatic hydroxyl groups excluding tert-OH is 4. The average Bonchev–Trinajstić information content (AvgIpc) is 2.93. The third kappa shape index (κ3) is 19.4. The summed E-state index contributed by atoms with van der Waals surface area (Å²) in [5, 5.41) is 36.1. The molecule has 14 nitrogen and oxygen atoms in total. The fraction of sp³-hybridized carbons (Fsp3) is 0.852. The predicted octanol–water partition coefficient (Wildman–Crippen LogP) is 0.109. The molecule has 0 aromatic rings. The molecule has 10 atom stereocenters. The Morgan fingerprint density at radius 1 is 0.652 bits per heavy atom. The number of aliphatic hydroxyl groups is 4. The number of hydrogen-bond donors (Lipinski definition) is 4. The Kier molecular flexibility index (Phi) is 32.3. The molecule has 2 rings (SSSR count). The number of esters is 4. The van der Waals surface area contributed by atoms with E-state index in [9.17, 15) is 24.3 Å². The molecule has 2 fully saturated rings. The SMILES string of the molecule is C.CC(=O)OC[C@H]1O[C@@H]([S-])[C@H](OC(C)=O)[C@@H](OC(C)=O)[C@@H]1OC(C)=O.CCP(CC)CC.OC[C@H]1OC([S-])[C@H](O)[C@@H](O)[C@@H]1O.[Au+].[Au+]. The summed E-state index contributed by atoms with van der Waals surface area (Å²) in [6.07, 6.45) is -5.05. The van der Waals surface area contributed by atoms with Gasteiger partial charge in [-0.25, -0.2) is 0 Å². The Balaban J connectivity index is -0.000000336. The molecule has 0 amide bonds. The largest absolute Gasteiger partial charge is 1.00 e. The van der Waals surface area contributed by atoms with Gasteiger partial charge in [0, 0.05) is 27.7 Å². The van der Waals surface area contributed by atoms with Crippen LogP contribution in [0.4, 0.5) is 0 Å². The molecule has 0 aliphatic carbocycles. The minimum absolute atomic E-state index is 0. The van der Waals surface area contributed by atoms with E-state index in [4.69, 9.17) is 56.4 Å². The van der Waals surface area contributed by atoms with Gasteiger partial charge in [0.25, 0.3) is 0 Å². The fourth-order valence-electron chi connectivity index (χ4n) is 3.93. The number of ether oxygens (including phenoxy) is 6. The van der Waals surface area contributed by atoms with E-state index in [0.717, 1.165) is 20.8 Å². The summed E-state index contributed by atoms with van der Waals surface area (Å²) in [6, 6.07) is 0. The minimum atomic E-state index is -1.35. The molecule has 0 aromatic heterocycles. The van der Waals surface area contributed by atoms with Gasteiger partial charge < -0.3 is 74.1 Å². The van der Waals surface area contributed by atoms with Crippen LogP contribution >= 0.6 is 7.92 Å². The standard InChI is InChI=1S/C14H20O9S.C6H12O5S.C6H15P.CH4.2Au/c1-6(15)19-5-10-11(20-7(2)16)12(21-8(3)17)13(14(24)23-10)22-9(4)18;7-1-2-3(8)4(9)5(10)6(12)11-2;1-4-7(5-2)6-3;;;/h10-14,24H,5H2,1-4H3;2-10,12H,1H2;4-6H2,1-3H3;1H4;;/q;;;;2*+1/p-2/t10-,11-,12+,13-,14+;2-,3-,4+,5-,6?;;;;/m11..../s1. The molecule has 1 unspecified atom stereocenters. The molecular formula is C27H49Au2O14PS2. The molecule has 2 aliphatic rings. The van der Waals surface area contributed by atoms with Crippen LogP contribution in [-0.4, -0.2) is 136 Å². The number of carbonyl (C=O) groups excluding carboxylic acids is 4. The number of rotatable bonds is 9. The molecule has 46 heavy (non-hydrogen) atoms. The van der Waals surface area contributed by atoms with Gasteiger partial charge in [-0.2, -0.15) is 0 Å². The van der Waals surface area contributed by atoms with Crippen LogP contribution in [-0.2, 0) is 118 Å². The molecule has 2 aliphatic heterocycles. The van der Waals surface area contributed by atoms with Crippen LogP contribution < -0.4 is 0 Å². The van der Waals surface area contributed by atoms with E-state index in [1.165, 1.54) is 25.4 Å².